The van der Waals surface area contributed by atoms with Gasteiger partial charge in [-0.25, -0.2) is 8.42 Å². The Hall–Kier alpha value is -3.12. The van der Waals surface area contributed by atoms with E-state index in [-0.39, 0.29) is 10.8 Å². The summed E-state index contributed by atoms with van der Waals surface area (Å²) >= 11 is 0. The lowest BCUT2D eigenvalue weighted by Crippen LogP contribution is -2.27. The Balaban J connectivity index is 1.86. The van der Waals surface area contributed by atoms with E-state index in [1.807, 2.05) is 32.0 Å². The lowest BCUT2D eigenvalue weighted by atomic mass is 10.1. The van der Waals surface area contributed by atoms with Crippen molar-refractivity contribution in [2.45, 2.75) is 25.7 Å². The van der Waals surface area contributed by atoms with E-state index < -0.39 is 10.0 Å². The Morgan fingerprint density at radius 1 is 0.862 bits per heavy atom. The second-order valence-corrected chi connectivity index (χ2v) is 8.96. The maximum atomic E-state index is 12.9. The molecule has 1 amide bonds. The van der Waals surface area contributed by atoms with Crippen LogP contribution >= 0.6 is 0 Å². The van der Waals surface area contributed by atoms with Crippen LogP contribution in [-0.2, 0) is 10.0 Å². The third-order valence-electron chi connectivity index (χ3n) is 5.05. The monoisotopic (exact) mass is 408 g/mol. The Kier molecular flexibility index (Phi) is 5.75. The minimum absolute atomic E-state index is 0.221. The van der Waals surface area contributed by atoms with Crippen LogP contribution in [0.5, 0.6) is 0 Å². The van der Waals surface area contributed by atoms with Crippen LogP contribution in [0.4, 0.5) is 11.4 Å². The molecule has 0 heterocycles. The largest absolute Gasteiger partial charge is 0.322 e. The normalized spacial score (nSPS) is 11.2. The number of aryl methyl sites for hydroxylation is 2. The Bertz CT molecular complexity index is 1160. The van der Waals surface area contributed by atoms with Gasteiger partial charge in [0.15, 0.2) is 0 Å². The molecule has 3 aromatic carbocycles. The molecule has 0 aliphatic heterocycles. The molecule has 3 rings (SSSR count). The number of amides is 1. The fourth-order valence-corrected chi connectivity index (χ4v) is 4.39. The van der Waals surface area contributed by atoms with E-state index in [1.54, 1.807) is 55.5 Å². The van der Waals surface area contributed by atoms with Crippen molar-refractivity contribution in [2.75, 3.05) is 16.7 Å². The van der Waals surface area contributed by atoms with Crippen LogP contribution in [0.1, 0.15) is 27.0 Å². The minimum atomic E-state index is -3.67. The predicted octanol–water partition coefficient (Wildman–Crippen LogP) is 4.69. The SMILES string of the molecule is Cc1cc(C(=O)Nc2cccc(C)c2C)ccc1N(C)S(=O)(=O)c1ccccc1. The van der Waals surface area contributed by atoms with E-state index in [4.69, 9.17) is 0 Å². The maximum Gasteiger partial charge on any atom is 0.264 e. The maximum absolute atomic E-state index is 12.9. The number of hydrogen-bond donors (Lipinski definition) is 1. The molecular weight excluding hydrogens is 384 g/mol. The third-order valence-corrected chi connectivity index (χ3v) is 6.84. The molecule has 0 aliphatic carbocycles. The number of nitrogens with one attached hydrogen (secondary N) is 1. The summed E-state index contributed by atoms with van der Waals surface area (Å²) in [7, 11) is -2.16. The first-order valence-corrected chi connectivity index (χ1v) is 10.7. The molecule has 150 valence electrons. The van der Waals surface area contributed by atoms with Crippen molar-refractivity contribution in [3.05, 3.63) is 89.0 Å². The van der Waals surface area contributed by atoms with E-state index in [1.165, 1.54) is 11.4 Å². The summed E-state index contributed by atoms with van der Waals surface area (Å²) in [5.41, 5.74) is 4.57. The molecule has 0 saturated carbocycles. The molecular formula is C23H24N2O3S. The molecule has 0 unspecified atom stereocenters. The predicted molar refractivity (Wildman–Crippen MR) is 117 cm³/mol. The minimum Gasteiger partial charge on any atom is -0.322 e. The smallest absolute Gasteiger partial charge is 0.264 e. The number of benzene rings is 3. The quantitative estimate of drug-likeness (QED) is 0.666. The van der Waals surface area contributed by atoms with Crippen LogP contribution in [0.2, 0.25) is 0 Å². The topological polar surface area (TPSA) is 66.5 Å². The van der Waals surface area contributed by atoms with E-state index in [2.05, 4.69) is 5.32 Å². The van der Waals surface area contributed by atoms with Gasteiger partial charge in [-0.15, -0.1) is 0 Å². The number of sulfonamides is 1. The average molecular weight is 409 g/mol. The number of carbonyl (C=O) groups is 1. The number of rotatable bonds is 5. The number of anilines is 2. The molecule has 5 nitrogen and oxygen atoms in total. The number of nitrogens with zero attached hydrogens (tertiary/aromatic N) is 1. The molecule has 1 N–H and O–H groups in total. The lowest BCUT2D eigenvalue weighted by molar-refractivity contribution is 0.102. The number of hydrogen-bond acceptors (Lipinski definition) is 3. The van der Waals surface area contributed by atoms with Crippen molar-refractivity contribution in [3.63, 3.8) is 0 Å². The zero-order valence-electron chi connectivity index (χ0n) is 16.9. The highest BCUT2D eigenvalue weighted by atomic mass is 32.2. The zero-order valence-corrected chi connectivity index (χ0v) is 17.7. The number of carbonyl (C=O) groups excluding carboxylic acids is 1. The average Bonchev–Trinajstić information content (AvgIpc) is 2.71. The molecule has 3 aromatic rings. The van der Waals surface area contributed by atoms with Gasteiger partial charge in [-0.1, -0.05) is 30.3 Å². The molecule has 0 aliphatic rings. The lowest BCUT2D eigenvalue weighted by Gasteiger charge is -2.22. The van der Waals surface area contributed by atoms with E-state index in [9.17, 15) is 13.2 Å². The summed E-state index contributed by atoms with van der Waals surface area (Å²) in [4.78, 5) is 12.9. The van der Waals surface area contributed by atoms with Gasteiger partial charge in [0.1, 0.15) is 0 Å². The molecule has 0 radical (unpaired) electrons. The van der Waals surface area contributed by atoms with Crippen molar-refractivity contribution in [2.24, 2.45) is 0 Å². The molecule has 6 heteroatoms. The third kappa shape index (κ3) is 4.17. The summed E-state index contributed by atoms with van der Waals surface area (Å²) in [5, 5.41) is 2.93. The van der Waals surface area contributed by atoms with Gasteiger partial charge >= 0.3 is 0 Å². The molecule has 0 saturated heterocycles. The Morgan fingerprint density at radius 2 is 1.55 bits per heavy atom. The summed E-state index contributed by atoms with van der Waals surface area (Å²) in [6.07, 6.45) is 0. The van der Waals surface area contributed by atoms with Gasteiger partial charge in [-0.05, 0) is 73.9 Å². The highest BCUT2D eigenvalue weighted by Crippen LogP contribution is 2.27. The van der Waals surface area contributed by atoms with Crippen LogP contribution in [0.15, 0.2) is 71.6 Å². The first kappa shape index (κ1) is 20.6. The summed E-state index contributed by atoms with van der Waals surface area (Å²) < 4.78 is 27.0. The van der Waals surface area contributed by atoms with Gasteiger partial charge < -0.3 is 5.32 Å². The second kappa shape index (κ2) is 8.09. The highest BCUT2D eigenvalue weighted by molar-refractivity contribution is 7.92. The van der Waals surface area contributed by atoms with Crippen molar-refractivity contribution in [1.29, 1.82) is 0 Å². The van der Waals surface area contributed by atoms with Crippen LogP contribution in [0.25, 0.3) is 0 Å². The van der Waals surface area contributed by atoms with Crippen LogP contribution in [0.3, 0.4) is 0 Å². The van der Waals surface area contributed by atoms with Gasteiger partial charge in [0.05, 0.1) is 10.6 Å². The Labute approximate surface area is 172 Å². The summed E-state index contributed by atoms with van der Waals surface area (Å²) in [6.45, 7) is 5.75. The van der Waals surface area contributed by atoms with E-state index in [0.717, 1.165) is 16.8 Å². The van der Waals surface area contributed by atoms with Crippen LogP contribution < -0.4 is 9.62 Å². The fraction of sp³-hybridized carbons (Fsp3) is 0.174. The molecule has 29 heavy (non-hydrogen) atoms. The van der Waals surface area contributed by atoms with Crippen molar-refractivity contribution < 1.29 is 13.2 Å². The van der Waals surface area contributed by atoms with Crippen LogP contribution in [0, 0.1) is 20.8 Å². The van der Waals surface area contributed by atoms with Crippen LogP contribution in [-0.4, -0.2) is 21.4 Å². The van der Waals surface area contributed by atoms with Gasteiger partial charge in [0.25, 0.3) is 15.9 Å². The highest BCUT2D eigenvalue weighted by Gasteiger charge is 2.22. The van der Waals surface area contributed by atoms with Crippen molar-refractivity contribution in [1.82, 2.24) is 0 Å². The summed E-state index contributed by atoms with van der Waals surface area (Å²) in [5.74, 6) is -0.234. The van der Waals surface area contributed by atoms with Crippen molar-refractivity contribution >= 4 is 27.3 Å². The molecule has 0 aromatic heterocycles. The van der Waals surface area contributed by atoms with Gasteiger partial charge in [-0.2, -0.15) is 0 Å². The first-order valence-electron chi connectivity index (χ1n) is 9.24. The summed E-state index contributed by atoms with van der Waals surface area (Å²) in [6, 6.07) is 19.0. The van der Waals surface area contributed by atoms with E-state index in [0.29, 0.717) is 16.8 Å². The van der Waals surface area contributed by atoms with E-state index >= 15 is 0 Å². The standard InChI is InChI=1S/C23H24N2O3S/c1-16-9-8-12-21(18(16)3)24-23(26)19-13-14-22(17(2)15-19)25(4)29(27,28)20-10-6-5-7-11-20/h5-15H,1-4H3,(H,24,26). The first-order chi connectivity index (χ1) is 13.7. The molecule has 0 bridgehead atoms. The fourth-order valence-electron chi connectivity index (χ4n) is 3.11. The Morgan fingerprint density at radius 3 is 2.21 bits per heavy atom. The van der Waals surface area contributed by atoms with Gasteiger partial charge in [0, 0.05) is 18.3 Å². The van der Waals surface area contributed by atoms with Gasteiger partial charge in [-0.3, -0.25) is 9.10 Å². The second-order valence-electron chi connectivity index (χ2n) is 6.99. The molecule has 0 atom stereocenters. The van der Waals surface area contributed by atoms with Crippen molar-refractivity contribution in [3.8, 4) is 0 Å². The zero-order chi connectivity index (χ0) is 21.2. The van der Waals surface area contributed by atoms with Gasteiger partial charge in [0.2, 0.25) is 0 Å². The molecule has 0 spiro atoms. The molecule has 0 fully saturated rings.